The first kappa shape index (κ1) is 11.4. The Morgan fingerprint density at radius 2 is 1.43 bits per heavy atom. The molecule has 1 N–H and O–H groups in total. The summed E-state index contributed by atoms with van der Waals surface area (Å²) in [6.45, 7) is 0. The number of halogens is 1. The minimum absolute atomic E-state index is 0.635. The third-order valence-electron chi connectivity index (χ3n) is 1.39. The lowest BCUT2D eigenvalue weighted by atomic mass is 10.4. The fourth-order valence-electron chi connectivity index (χ4n) is 0.865. The molecule has 0 saturated carbocycles. The molecule has 1 aromatic rings. The Morgan fingerprint density at radius 1 is 1.00 bits per heavy atom. The van der Waals surface area contributed by atoms with Crippen LogP contribution in [-0.4, -0.2) is 21.4 Å². The first-order chi connectivity index (χ1) is 6.23. The van der Waals surface area contributed by atoms with Crippen LogP contribution in [0.3, 0.4) is 0 Å². The van der Waals surface area contributed by atoms with Gasteiger partial charge in [0.1, 0.15) is 9.79 Å². The lowest BCUT2D eigenvalue weighted by Crippen LogP contribution is -2.04. The average molecular weight is 257 g/mol. The van der Waals surface area contributed by atoms with Gasteiger partial charge in [0.05, 0.1) is 0 Å². The van der Waals surface area contributed by atoms with Crippen LogP contribution in [0.5, 0.6) is 0 Å². The van der Waals surface area contributed by atoms with E-state index in [1.54, 1.807) is 0 Å². The average Bonchev–Trinajstić information content (AvgIpc) is 2.01. The lowest BCUT2D eigenvalue weighted by Gasteiger charge is -2.01. The summed E-state index contributed by atoms with van der Waals surface area (Å²) >= 11 is 0. The van der Waals surface area contributed by atoms with Crippen LogP contribution in [0, 0.1) is 0 Å². The fraction of sp³-hybridized carbons (Fsp3) is 0. The van der Waals surface area contributed by atoms with Gasteiger partial charge in [-0.2, -0.15) is 8.42 Å². The van der Waals surface area contributed by atoms with Gasteiger partial charge < -0.3 is 0 Å². The fourth-order valence-corrected chi connectivity index (χ4v) is 3.17. The van der Waals surface area contributed by atoms with Crippen molar-refractivity contribution in [2.45, 2.75) is 9.79 Å². The molecule has 0 heterocycles. The highest BCUT2D eigenvalue weighted by Gasteiger charge is 2.22. The summed E-state index contributed by atoms with van der Waals surface area (Å²) in [6.07, 6.45) is 0. The molecule has 1 aromatic carbocycles. The standard InChI is InChI=1S/C6H5ClO5S2/c7-13(8,9)5-3-1-2-4-6(5)14(10,11)12/h1-4H,(H,10,11,12). The van der Waals surface area contributed by atoms with E-state index in [2.05, 4.69) is 0 Å². The molecule has 0 unspecified atom stereocenters. The molecule has 0 fully saturated rings. The van der Waals surface area contributed by atoms with Crippen molar-refractivity contribution >= 4 is 29.9 Å². The Bertz CT molecular complexity index is 494. The SMILES string of the molecule is O=S(=O)(O)c1ccccc1S(=O)(=O)Cl. The van der Waals surface area contributed by atoms with Gasteiger partial charge in [0, 0.05) is 10.7 Å². The van der Waals surface area contributed by atoms with E-state index in [0.29, 0.717) is 0 Å². The van der Waals surface area contributed by atoms with E-state index in [9.17, 15) is 16.8 Å². The Kier molecular flexibility index (Phi) is 2.86. The molecule has 0 saturated heterocycles. The van der Waals surface area contributed by atoms with Gasteiger partial charge >= 0.3 is 0 Å². The molecule has 0 aliphatic rings. The van der Waals surface area contributed by atoms with Gasteiger partial charge in [-0.15, -0.1) is 0 Å². The second kappa shape index (κ2) is 3.50. The first-order valence-electron chi connectivity index (χ1n) is 3.24. The molecule has 1 rings (SSSR count). The van der Waals surface area contributed by atoms with Gasteiger partial charge in [0.2, 0.25) is 0 Å². The van der Waals surface area contributed by atoms with Gasteiger partial charge in [0.25, 0.3) is 19.2 Å². The molecule has 78 valence electrons. The normalized spacial score (nSPS) is 12.7. The Morgan fingerprint density at radius 3 is 1.71 bits per heavy atom. The lowest BCUT2D eigenvalue weighted by molar-refractivity contribution is 0.480. The number of rotatable bonds is 2. The predicted octanol–water partition coefficient (Wildman–Crippen LogP) is 0.861. The molecular weight excluding hydrogens is 252 g/mol. The van der Waals surface area contributed by atoms with Crippen LogP contribution in [0.2, 0.25) is 0 Å². The van der Waals surface area contributed by atoms with Crippen molar-refractivity contribution in [3.8, 4) is 0 Å². The second-order valence-corrected chi connectivity index (χ2v) is 6.28. The van der Waals surface area contributed by atoms with Gasteiger partial charge in [-0.1, -0.05) is 12.1 Å². The van der Waals surface area contributed by atoms with E-state index in [0.717, 1.165) is 12.1 Å². The van der Waals surface area contributed by atoms with Crippen molar-refractivity contribution in [3.63, 3.8) is 0 Å². The van der Waals surface area contributed by atoms with Crippen LogP contribution >= 0.6 is 10.7 Å². The van der Waals surface area contributed by atoms with E-state index in [1.165, 1.54) is 12.1 Å². The van der Waals surface area contributed by atoms with E-state index in [1.807, 2.05) is 0 Å². The molecular formula is C6H5ClO5S2. The zero-order chi connectivity index (χ0) is 11.0. The summed E-state index contributed by atoms with van der Waals surface area (Å²) in [5.74, 6) is 0. The van der Waals surface area contributed by atoms with Gasteiger partial charge in [0.15, 0.2) is 0 Å². The quantitative estimate of drug-likeness (QED) is 0.626. The zero-order valence-corrected chi connectivity index (χ0v) is 8.97. The second-order valence-electron chi connectivity index (χ2n) is 2.36. The highest BCUT2D eigenvalue weighted by atomic mass is 35.7. The summed E-state index contributed by atoms with van der Waals surface area (Å²) in [6, 6.07) is 4.51. The van der Waals surface area contributed by atoms with Crippen molar-refractivity contribution in [2.24, 2.45) is 0 Å². The summed E-state index contributed by atoms with van der Waals surface area (Å²) in [5.41, 5.74) is 0. The van der Waals surface area contributed by atoms with Crippen LogP contribution in [0.15, 0.2) is 34.1 Å². The zero-order valence-electron chi connectivity index (χ0n) is 6.58. The Labute approximate surface area is 85.5 Å². The van der Waals surface area contributed by atoms with Gasteiger partial charge in [-0.25, -0.2) is 8.42 Å². The maximum atomic E-state index is 10.9. The number of benzene rings is 1. The molecule has 0 aromatic heterocycles. The van der Waals surface area contributed by atoms with Gasteiger partial charge in [-0.3, -0.25) is 4.55 Å². The van der Waals surface area contributed by atoms with Crippen LogP contribution in [0.25, 0.3) is 0 Å². The summed E-state index contributed by atoms with van der Waals surface area (Å²) in [4.78, 5) is -1.36. The molecule has 14 heavy (non-hydrogen) atoms. The monoisotopic (exact) mass is 256 g/mol. The predicted molar refractivity (Wildman–Crippen MR) is 49.3 cm³/mol. The third-order valence-corrected chi connectivity index (χ3v) is 3.81. The highest BCUT2D eigenvalue weighted by molar-refractivity contribution is 8.14. The van der Waals surface area contributed by atoms with Crippen molar-refractivity contribution < 1.29 is 21.4 Å². The largest absolute Gasteiger partial charge is 0.295 e. The number of hydrogen-bond donors (Lipinski definition) is 1. The van der Waals surface area contributed by atoms with Crippen molar-refractivity contribution in [2.75, 3.05) is 0 Å². The van der Waals surface area contributed by atoms with E-state index in [-0.39, 0.29) is 0 Å². The van der Waals surface area contributed by atoms with Crippen LogP contribution in [-0.2, 0) is 19.2 Å². The molecule has 0 amide bonds. The topological polar surface area (TPSA) is 88.5 Å². The minimum Gasteiger partial charge on any atom is -0.282 e. The van der Waals surface area contributed by atoms with Crippen molar-refractivity contribution in [1.82, 2.24) is 0 Å². The molecule has 0 aliphatic carbocycles. The summed E-state index contributed by atoms with van der Waals surface area (Å²) < 4.78 is 51.9. The molecule has 0 bridgehead atoms. The third kappa shape index (κ3) is 2.44. The molecule has 0 spiro atoms. The molecule has 5 nitrogen and oxygen atoms in total. The van der Waals surface area contributed by atoms with Crippen LogP contribution in [0.1, 0.15) is 0 Å². The van der Waals surface area contributed by atoms with E-state index >= 15 is 0 Å². The van der Waals surface area contributed by atoms with Gasteiger partial charge in [-0.05, 0) is 12.1 Å². The Balaban J connectivity index is 3.64. The summed E-state index contributed by atoms with van der Waals surface area (Å²) in [5, 5.41) is 0. The number of hydrogen-bond acceptors (Lipinski definition) is 4. The van der Waals surface area contributed by atoms with Crippen LogP contribution < -0.4 is 0 Å². The highest BCUT2D eigenvalue weighted by Crippen LogP contribution is 2.23. The van der Waals surface area contributed by atoms with Crippen molar-refractivity contribution in [1.29, 1.82) is 0 Å². The maximum Gasteiger partial charge on any atom is 0.295 e. The van der Waals surface area contributed by atoms with Crippen LogP contribution in [0.4, 0.5) is 0 Å². The minimum atomic E-state index is -4.58. The van der Waals surface area contributed by atoms with E-state index < -0.39 is 29.0 Å². The Hall–Kier alpha value is -0.630. The molecule has 0 atom stereocenters. The summed E-state index contributed by atoms with van der Waals surface area (Å²) in [7, 11) is -3.80. The first-order valence-corrected chi connectivity index (χ1v) is 6.99. The molecule has 0 radical (unpaired) electrons. The smallest absolute Gasteiger partial charge is 0.282 e. The van der Waals surface area contributed by atoms with Crippen molar-refractivity contribution in [3.05, 3.63) is 24.3 Å². The maximum absolute atomic E-state index is 10.9. The molecule has 8 heteroatoms. The van der Waals surface area contributed by atoms with E-state index in [4.69, 9.17) is 15.2 Å². The molecule has 0 aliphatic heterocycles.